The number of aromatic nitrogens is 3. The summed E-state index contributed by atoms with van der Waals surface area (Å²) in [6.45, 7) is 0. The lowest BCUT2D eigenvalue weighted by Gasteiger charge is -2.14. The van der Waals surface area contributed by atoms with Gasteiger partial charge in [-0.25, -0.2) is 15.0 Å². The minimum atomic E-state index is 0.646. The van der Waals surface area contributed by atoms with E-state index in [1.807, 2.05) is 36.4 Å². The minimum Gasteiger partial charge on any atom is -0.208 e. The lowest BCUT2D eigenvalue weighted by molar-refractivity contribution is 1.07. The van der Waals surface area contributed by atoms with E-state index >= 15 is 0 Å². The van der Waals surface area contributed by atoms with Crippen molar-refractivity contribution in [1.29, 1.82) is 0 Å². The maximum absolute atomic E-state index is 5.07. The van der Waals surface area contributed by atoms with Crippen molar-refractivity contribution in [2.45, 2.75) is 0 Å². The van der Waals surface area contributed by atoms with Crippen LogP contribution in [0.1, 0.15) is 0 Å². The van der Waals surface area contributed by atoms with Crippen molar-refractivity contribution in [3.63, 3.8) is 0 Å². The molecule has 242 valence electrons. The van der Waals surface area contributed by atoms with Crippen LogP contribution in [0, 0.1) is 0 Å². The molecule has 0 aliphatic carbocycles. The van der Waals surface area contributed by atoms with E-state index < -0.39 is 0 Å². The molecule has 0 aliphatic rings. The largest absolute Gasteiger partial charge is 0.208 e. The maximum Gasteiger partial charge on any atom is 0.164 e. The van der Waals surface area contributed by atoms with Gasteiger partial charge in [-0.1, -0.05) is 164 Å². The Labute approximate surface area is 301 Å². The molecule has 0 bridgehead atoms. The summed E-state index contributed by atoms with van der Waals surface area (Å²) in [4.78, 5) is 15.1. The van der Waals surface area contributed by atoms with Gasteiger partial charge in [-0.15, -0.1) is 0 Å². The highest BCUT2D eigenvalue weighted by atomic mass is 15.0. The van der Waals surface area contributed by atoms with Crippen LogP contribution in [0.2, 0.25) is 0 Å². The molecule has 9 aromatic carbocycles. The third-order valence-electron chi connectivity index (χ3n) is 10.1. The Kier molecular flexibility index (Phi) is 7.14. The molecule has 1 heterocycles. The van der Waals surface area contributed by atoms with Crippen LogP contribution in [-0.4, -0.2) is 15.0 Å². The van der Waals surface area contributed by atoms with Crippen LogP contribution >= 0.6 is 0 Å². The van der Waals surface area contributed by atoms with Gasteiger partial charge in [0.1, 0.15) is 0 Å². The summed E-state index contributed by atoms with van der Waals surface area (Å²) in [5.41, 5.74) is 7.55. The molecule has 0 amide bonds. The van der Waals surface area contributed by atoms with Crippen molar-refractivity contribution in [2.75, 3.05) is 0 Å². The Morgan fingerprint density at radius 3 is 1.48 bits per heavy atom. The molecular formula is C49H31N3. The summed E-state index contributed by atoms with van der Waals surface area (Å²) >= 11 is 0. The predicted octanol–water partition coefficient (Wildman–Crippen LogP) is 12.8. The first-order valence-corrected chi connectivity index (χ1v) is 17.6. The van der Waals surface area contributed by atoms with Crippen LogP contribution in [0.4, 0.5) is 0 Å². The molecular weight excluding hydrogens is 631 g/mol. The number of hydrogen-bond acceptors (Lipinski definition) is 3. The number of benzene rings is 9. The molecule has 10 rings (SSSR count). The fourth-order valence-electron chi connectivity index (χ4n) is 7.47. The first-order valence-electron chi connectivity index (χ1n) is 17.6. The molecule has 0 N–H and O–H groups in total. The van der Waals surface area contributed by atoms with Crippen LogP contribution in [0.25, 0.3) is 99.5 Å². The average Bonchev–Trinajstić information content (AvgIpc) is 3.23. The quantitative estimate of drug-likeness (QED) is 0.172. The van der Waals surface area contributed by atoms with Gasteiger partial charge in [-0.3, -0.25) is 0 Å². The van der Waals surface area contributed by atoms with E-state index in [0.717, 1.165) is 38.6 Å². The summed E-state index contributed by atoms with van der Waals surface area (Å²) < 4.78 is 0. The summed E-state index contributed by atoms with van der Waals surface area (Å²) in [7, 11) is 0. The Morgan fingerprint density at radius 1 is 0.231 bits per heavy atom. The minimum absolute atomic E-state index is 0.646. The Morgan fingerprint density at radius 2 is 0.731 bits per heavy atom. The van der Waals surface area contributed by atoms with Crippen LogP contribution in [-0.2, 0) is 0 Å². The average molecular weight is 662 g/mol. The van der Waals surface area contributed by atoms with Gasteiger partial charge in [-0.2, -0.15) is 0 Å². The standard InChI is InChI=1S/C49H31N3/c1-3-12-32(13-4-1)35-17-11-18-39(29-35)48-50-47(34-15-5-2-6-16-34)51-49(52-48)40-25-23-36-28-38(24-22-37(36)30-40)45-31-46-41-19-8-7-14-33(41)26-27-44(46)42-20-9-10-21-43(42)45/h1-31H. The van der Waals surface area contributed by atoms with Crippen molar-refractivity contribution in [3.8, 4) is 56.4 Å². The number of hydrogen-bond donors (Lipinski definition) is 0. The summed E-state index contributed by atoms with van der Waals surface area (Å²) in [5.74, 6) is 1.94. The monoisotopic (exact) mass is 661 g/mol. The van der Waals surface area contributed by atoms with Crippen LogP contribution in [0.5, 0.6) is 0 Å². The molecule has 1 aromatic heterocycles. The van der Waals surface area contributed by atoms with Crippen molar-refractivity contribution in [2.24, 2.45) is 0 Å². The van der Waals surface area contributed by atoms with Crippen LogP contribution < -0.4 is 0 Å². The molecule has 0 aliphatic heterocycles. The molecule has 0 saturated heterocycles. The van der Waals surface area contributed by atoms with E-state index in [0.29, 0.717) is 17.5 Å². The second-order valence-corrected chi connectivity index (χ2v) is 13.2. The lowest BCUT2D eigenvalue weighted by Crippen LogP contribution is -2.00. The van der Waals surface area contributed by atoms with Gasteiger partial charge in [0.05, 0.1) is 0 Å². The van der Waals surface area contributed by atoms with E-state index in [-0.39, 0.29) is 0 Å². The van der Waals surface area contributed by atoms with Gasteiger partial charge in [0.15, 0.2) is 17.5 Å². The Balaban J connectivity index is 1.09. The molecule has 3 nitrogen and oxygen atoms in total. The van der Waals surface area contributed by atoms with Gasteiger partial charge in [0.25, 0.3) is 0 Å². The molecule has 0 fully saturated rings. The van der Waals surface area contributed by atoms with E-state index in [1.54, 1.807) is 0 Å². The van der Waals surface area contributed by atoms with Crippen molar-refractivity contribution in [1.82, 2.24) is 15.0 Å². The fourth-order valence-corrected chi connectivity index (χ4v) is 7.47. The molecule has 0 radical (unpaired) electrons. The van der Waals surface area contributed by atoms with E-state index in [2.05, 4.69) is 152 Å². The van der Waals surface area contributed by atoms with Crippen LogP contribution in [0.3, 0.4) is 0 Å². The van der Waals surface area contributed by atoms with Crippen LogP contribution in [0.15, 0.2) is 188 Å². The lowest BCUT2D eigenvalue weighted by atomic mass is 9.90. The Hall–Kier alpha value is -6.97. The maximum atomic E-state index is 5.07. The summed E-state index contributed by atoms with van der Waals surface area (Å²) in [5, 5.41) is 9.90. The second-order valence-electron chi connectivity index (χ2n) is 13.2. The molecule has 3 heteroatoms. The number of nitrogens with zero attached hydrogens (tertiary/aromatic N) is 3. The zero-order valence-corrected chi connectivity index (χ0v) is 28.2. The molecule has 0 unspecified atom stereocenters. The summed E-state index contributed by atoms with van der Waals surface area (Å²) in [6, 6.07) is 66.5. The first-order chi connectivity index (χ1) is 25.7. The van der Waals surface area contributed by atoms with Gasteiger partial charge < -0.3 is 0 Å². The van der Waals surface area contributed by atoms with Crippen molar-refractivity contribution < 1.29 is 0 Å². The SMILES string of the molecule is c1ccc(-c2cccc(-c3nc(-c4ccccc4)nc(-c4ccc5cc(-c6cc7c8ccccc8ccc7c7ccccc67)ccc5c4)n3)c2)cc1. The first kappa shape index (κ1) is 29.9. The fraction of sp³-hybridized carbons (Fsp3) is 0. The van der Waals surface area contributed by atoms with Gasteiger partial charge >= 0.3 is 0 Å². The van der Waals surface area contributed by atoms with Gasteiger partial charge in [0.2, 0.25) is 0 Å². The predicted molar refractivity (Wildman–Crippen MR) is 217 cm³/mol. The van der Waals surface area contributed by atoms with Gasteiger partial charge in [0, 0.05) is 16.7 Å². The molecule has 10 aromatic rings. The highest BCUT2D eigenvalue weighted by Crippen LogP contribution is 2.39. The van der Waals surface area contributed by atoms with E-state index in [9.17, 15) is 0 Å². The third-order valence-corrected chi connectivity index (χ3v) is 10.1. The number of fused-ring (bicyclic) bond motifs is 6. The smallest absolute Gasteiger partial charge is 0.164 e. The molecule has 0 saturated carbocycles. The zero-order chi connectivity index (χ0) is 34.4. The summed E-state index contributed by atoms with van der Waals surface area (Å²) in [6.07, 6.45) is 0. The highest BCUT2D eigenvalue weighted by Gasteiger charge is 2.15. The van der Waals surface area contributed by atoms with Crippen molar-refractivity contribution >= 4 is 43.1 Å². The van der Waals surface area contributed by atoms with Crippen molar-refractivity contribution in [3.05, 3.63) is 188 Å². The topological polar surface area (TPSA) is 38.7 Å². The second kappa shape index (κ2) is 12.4. The Bertz CT molecular complexity index is 2950. The van der Waals surface area contributed by atoms with E-state index in [4.69, 9.17) is 15.0 Å². The normalized spacial score (nSPS) is 11.5. The molecule has 0 spiro atoms. The van der Waals surface area contributed by atoms with E-state index in [1.165, 1.54) is 43.4 Å². The third kappa shape index (κ3) is 5.28. The molecule has 0 atom stereocenters. The van der Waals surface area contributed by atoms with Gasteiger partial charge in [-0.05, 0) is 89.6 Å². The zero-order valence-electron chi connectivity index (χ0n) is 28.2. The highest BCUT2D eigenvalue weighted by molar-refractivity contribution is 6.21. The number of rotatable bonds is 5. The molecule has 52 heavy (non-hydrogen) atoms.